The number of benzene rings is 1. The van der Waals surface area contributed by atoms with Gasteiger partial charge in [0.05, 0.1) is 5.69 Å². The van der Waals surface area contributed by atoms with E-state index in [2.05, 4.69) is 46.8 Å². The SMILES string of the molecule is C[C@H](NCc1cccc2c1NCC2)c1ccccn1. The zero-order chi connectivity index (χ0) is 13.1. The van der Waals surface area contributed by atoms with Crippen molar-refractivity contribution >= 4 is 5.69 Å². The molecule has 98 valence electrons. The third-order valence-corrected chi connectivity index (χ3v) is 3.66. The quantitative estimate of drug-likeness (QED) is 0.879. The van der Waals surface area contributed by atoms with Crippen LogP contribution in [0.25, 0.3) is 0 Å². The van der Waals surface area contributed by atoms with E-state index in [1.807, 2.05) is 18.3 Å². The third-order valence-electron chi connectivity index (χ3n) is 3.66. The summed E-state index contributed by atoms with van der Waals surface area (Å²) in [5, 5.41) is 7.02. The number of para-hydroxylation sites is 1. The average molecular weight is 253 g/mol. The van der Waals surface area contributed by atoms with Crippen molar-refractivity contribution in [1.82, 2.24) is 10.3 Å². The Morgan fingerprint density at radius 1 is 1.26 bits per heavy atom. The van der Waals surface area contributed by atoms with Crippen LogP contribution in [0, 0.1) is 0 Å². The Bertz CT molecular complexity index is 551. The fourth-order valence-electron chi connectivity index (χ4n) is 2.56. The second-order valence-corrected chi connectivity index (χ2v) is 4.99. The van der Waals surface area contributed by atoms with Crippen LogP contribution in [0.15, 0.2) is 42.6 Å². The first-order valence-electron chi connectivity index (χ1n) is 6.83. The minimum Gasteiger partial charge on any atom is -0.384 e. The van der Waals surface area contributed by atoms with Crippen LogP contribution in [-0.4, -0.2) is 11.5 Å². The monoisotopic (exact) mass is 253 g/mol. The molecular weight excluding hydrogens is 234 g/mol. The Hall–Kier alpha value is -1.87. The van der Waals surface area contributed by atoms with Gasteiger partial charge in [-0.05, 0) is 36.6 Å². The van der Waals surface area contributed by atoms with Crippen LogP contribution in [0.5, 0.6) is 0 Å². The van der Waals surface area contributed by atoms with Gasteiger partial charge in [-0.1, -0.05) is 24.3 Å². The van der Waals surface area contributed by atoms with Crippen LogP contribution in [0.4, 0.5) is 5.69 Å². The first kappa shape index (κ1) is 12.2. The molecule has 0 amide bonds. The molecule has 0 spiro atoms. The second kappa shape index (κ2) is 5.41. The van der Waals surface area contributed by atoms with Crippen molar-refractivity contribution in [3.8, 4) is 0 Å². The molecule has 2 aromatic rings. The van der Waals surface area contributed by atoms with Gasteiger partial charge in [-0.2, -0.15) is 0 Å². The molecule has 0 fully saturated rings. The molecule has 3 nitrogen and oxygen atoms in total. The van der Waals surface area contributed by atoms with Crippen molar-refractivity contribution in [3.63, 3.8) is 0 Å². The molecule has 0 radical (unpaired) electrons. The molecule has 0 saturated carbocycles. The molecule has 1 aromatic carbocycles. The highest BCUT2D eigenvalue weighted by atomic mass is 15.0. The predicted octanol–water partition coefficient (Wildman–Crippen LogP) is 2.90. The number of anilines is 1. The predicted molar refractivity (Wildman–Crippen MR) is 78.1 cm³/mol. The molecule has 2 N–H and O–H groups in total. The number of nitrogens with one attached hydrogen (secondary N) is 2. The molecule has 3 rings (SSSR count). The number of hydrogen-bond acceptors (Lipinski definition) is 3. The van der Waals surface area contributed by atoms with Crippen molar-refractivity contribution in [2.75, 3.05) is 11.9 Å². The molecule has 3 heteroatoms. The maximum absolute atomic E-state index is 4.39. The lowest BCUT2D eigenvalue weighted by Crippen LogP contribution is -2.19. The highest BCUT2D eigenvalue weighted by molar-refractivity contribution is 5.61. The molecule has 0 aliphatic carbocycles. The van der Waals surface area contributed by atoms with Gasteiger partial charge >= 0.3 is 0 Å². The van der Waals surface area contributed by atoms with Crippen LogP contribution < -0.4 is 10.6 Å². The molecule has 1 atom stereocenters. The molecule has 1 aromatic heterocycles. The Morgan fingerprint density at radius 2 is 2.21 bits per heavy atom. The van der Waals surface area contributed by atoms with Gasteiger partial charge in [0.2, 0.25) is 0 Å². The van der Waals surface area contributed by atoms with Gasteiger partial charge in [0.25, 0.3) is 0 Å². The molecular formula is C16H19N3. The van der Waals surface area contributed by atoms with Gasteiger partial charge in [-0.25, -0.2) is 0 Å². The summed E-state index contributed by atoms with van der Waals surface area (Å²) in [6.07, 6.45) is 2.98. The van der Waals surface area contributed by atoms with E-state index in [9.17, 15) is 0 Å². The Morgan fingerprint density at radius 3 is 3.05 bits per heavy atom. The summed E-state index contributed by atoms with van der Waals surface area (Å²) >= 11 is 0. The minimum atomic E-state index is 0.262. The first-order valence-corrected chi connectivity index (χ1v) is 6.83. The number of aromatic nitrogens is 1. The Balaban J connectivity index is 1.69. The van der Waals surface area contributed by atoms with E-state index < -0.39 is 0 Å². The molecule has 19 heavy (non-hydrogen) atoms. The van der Waals surface area contributed by atoms with Crippen LogP contribution >= 0.6 is 0 Å². The Labute approximate surface area is 114 Å². The topological polar surface area (TPSA) is 37.0 Å². The summed E-state index contributed by atoms with van der Waals surface area (Å²) < 4.78 is 0. The average Bonchev–Trinajstić information content (AvgIpc) is 2.94. The summed E-state index contributed by atoms with van der Waals surface area (Å²) in [4.78, 5) is 4.39. The van der Waals surface area contributed by atoms with Gasteiger partial charge in [-0.3, -0.25) is 4.98 Å². The lowest BCUT2D eigenvalue weighted by atomic mass is 10.1. The van der Waals surface area contributed by atoms with Crippen molar-refractivity contribution < 1.29 is 0 Å². The van der Waals surface area contributed by atoms with Gasteiger partial charge in [0.1, 0.15) is 0 Å². The molecule has 2 heterocycles. The van der Waals surface area contributed by atoms with Gasteiger partial charge in [0.15, 0.2) is 0 Å². The highest BCUT2D eigenvalue weighted by Crippen LogP contribution is 2.26. The van der Waals surface area contributed by atoms with Gasteiger partial charge < -0.3 is 10.6 Å². The van der Waals surface area contributed by atoms with Crippen LogP contribution in [0.1, 0.15) is 29.8 Å². The first-order chi connectivity index (χ1) is 9.34. The van der Waals surface area contributed by atoms with Crippen LogP contribution in [0.2, 0.25) is 0 Å². The molecule has 0 bridgehead atoms. The van der Waals surface area contributed by atoms with E-state index in [-0.39, 0.29) is 6.04 Å². The lowest BCUT2D eigenvalue weighted by Gasteiger charge is -2.15. The van der Waals surface area contributed by atoms with E-state index >= 15 is 0 Å². The van der Waals surface area contributed by atoms with Crippen molar-refractivity contribution in [1.29, 1.82) is 0 Å². The largest absolute Gasteiger partial charge is 0.384 e. The smallest absolute Gasteiger partial charge is 0.0570 e. The maximum atomic E-state index is 4.39. The fourth-order valence-corrected chi connectivity index (χ4v) is 2.56. The van der Waals surface area contributed by atoms with Crippen molar-refractivity contribution in [2.45, 2.75) is 25.9 Å². The second-order valence-electron chi connectivity index (χ2n) is 4.99. The van der Waals surface area contributed by atoms with Gasteiger partial charge in [-0.15, -0.1) is 0 Å². The lowest BCUT2D eigenvalue weighted by molar-refractivity contribution is 0.562. The fraction of sp³-hybridized carbons (Fsp3) is 0.312. The summed E-state index contributed by atoms with van der Waals surface area (Å²) in [7, 11) is 0. The molecule has 0 unspecified atom stereocenters. The number of fused-ring (bicyclic) bond motifs is 1. The summed E-state index contributed by atoms with van der Waals surface area (Å²) in [5.41, 5.74) is 5.19. The number of nitrogens with zero attached hydrogens (tertiary/aromatic N) is 1. The molecule has 1 aliphatic rings. The third kappa shape index (κ3) is 2.61. The van der Waals surface area contributed by atoms with Crippen molar-refractivity contribution in [3.05, 3.63) is 59.4 Å². The Kier molecular flexibility index (Phi) is 3.47. The summed E-state index contributed by atoms with van der Waals surface area (Å²) in [6.45, 7) is 4.08. The minimum absolute atomic E-state index is 0.262. The van der Waals surface area contributed by atoms with E-state index in [4.69, 9.17) is 0 Å². The van der Waals surface area contributed by atoms with E-state index in [1.54, 1.807) is 0 Å². The molecule has 1 aliphatic heterocycles. The summed E-state index contributed by atoms with van der Waals surface area (Å²) in [5.74, 6) is 0. The van der Waals surface area contributed by atoms with E-state index in [0.717, 1.165) is 25.2 Å². The zero-order valence-corrected chi connectivity index (χ0v) is 11.2. The maximum Gasteiger partial charge on any atom is 0.0570 e. The van der Waals surface area contributed by atoms with Crippen molar-refractivity contribution in [2.24, 2.45) is 0 Å². The number of pyridine rings is 1. The van der Waals surface area contributed by atoms with Gasteiger partial charge in [0, 0.05) is 31.0 Å². The zero-order valence-electron chi connectivity index (χ0n) is 11.2. The standard InChI is InChI=1S/C16H19N3/c1-12(15-7-2-3-9-17-15)19-11-14-6-4-5-13-8-10-18-16(13)14/h2-7,9,12,18-19H,8,10-11H2,1H3/t12-/m0/s1. The number of hydrogen-bond donors (Lipinski definition) is 2. The normalized spacial score (nSPS) is 14.8. The highest BCUT2D eigenvalue weighted by Gasteiger charge is 2.14. The van der Waals surface area contributed by atoms with E-state index in [1.165, 1.54) is 16.8 Å². The van der Waals surface area contributed by atoms with E-state index in [0.29, 0.717) is 0 Å². The summed E-state index contributed by atoms with van der Waals surface area (Å²) in [6, 6.07) is 12.8. The molecule has 0 saturated heterocycles. The van der Waals surface area contributed by atoms with Crippen LogP contribution in [-0.2, 0) is 13.0 Å². The van der Waals surface area contributed by atoms with Crippen LogP contribution in [0.3, 0.4) is 0 Å². The number of rotatable bonds is 4.